The first-order valence-electron chi connectivity index (χ1n) is 13.9. The Hall–Kier alpha value is -1.53. The van der Waals surface area contributed by atoms with E-state index in [9.17, 15) is 24.6 Å². The minimum atomic E-state index is -1.59. The van der Waals surface area contributed by atoms with Gasteiger partial charge < -0.3 is 14.9 Å². The Balaban J connectivity index is 1.28. The first-order valence-corrected chi connectivity index (χ1v) is 13.9. The van der Waals surface area contributed by atoms with E-state index >= 15 is 0 Å². The molecule has 0 heterocycles. The lowest BCUT2D eigenvalue weighted by atomic mass is 9.45. The SMILES string of the molecule is C[C@]12CCC(=O)C=C1CCC1C2[C@@H](O)C[C@@]2(C)C1CC[C@]2(O)C(=O)COC(=O)CCC1CCCC1. The molecule has 0 amide bonds. The van der Waals surface area contributed by atoms with Crippen LogP contribution >= 0.6 is 0 Å². The van der Waals surface area contributed by atoms with Crippen LogP contribution < -0.4 is 0 Å². The van der Waals surface area contributed by atoms with E-state index in [1.807, 2.05) is 13.0 Å². The Bertz CT molecular complexity index is 918. The zero-order valence-electron chi connectivity index (χ0n) is 21.4. The van der Waals surface area contributed by atoms with Gasteiger partial charge in [-0.3, -0.25) is 14.4 Å². The molecule has 35 heavy (non-hydrogen) atoms. The minimum absolute atomic E-state index is 0.0412. The lowest BCUT2D eigenvalue weighted by molar-refractivity contribution is -0.184. The molecule has 0 aromatic rings. The molecule has 5 aliphatic rings. The number of ether oxygens (including phenoxy) is 1. The average molecular weight is 487 g/mol. The molecule has 2 N–H and O–H groups in total. The second kappa shape index (κ2) is 9.09. The van der Waals surface area contributed by atoms with Crippen LogP contribution in [-0.4, -0.2) is 46.1 Å². The molecule has 194 valence electrons. The third-order valence-corrected chi connectivity index (χ3v) is 11.1. The van der Waals surface area contributed by atoms with Gasteiger partial charge >= 0.3 is 5.97 Å². The predicted molar refractivity (Wildman–Crippen MR) is 130 cm³/mol. The monoisotopic (exact) mass is 486 g/mol. The number of carbonyl (C=O) groups is 3. The van der Waals surface area contributed by atoms with Crippen LogP contribution in [0.5, 0.6) is 0 Å². The number of hydrogen-bond donors (Lipinski definition) is 2. The zero-order valence-corrected chi connectivity index (χ0v) is 21.4. The van der Waals surface area contributed by atoms with Crippen LogP contribution in [-0.2, 0) is 19.1 Å². The van der Waals surface area contributed by atoms with Gasteiger partial charge in [-0.2, -0.15) is 0 Å². The number of ketones is 2. The zero-order chi connectivity index (χ0) is 25.0. The lowest BCUT2D eigenvalue weighted by Gasteiger charge is -2.60. The Morgan fingerprint density at radius 2 is 1.83 bits per heavy atom. The summed E-state index contributed by atoms with van der Waals surface area (Å²) < 4.78 is 5.35. The van der Waals surface area contributed by atoms with Gasteiger partial charge in [-0.05, 0) is 80.1 Å². The van der Waals surface area contributed by atoms with Gasteiger partial charge in [-0.15, -0.1) is 0 Å². The molecular formula is C29H42O6. The van der Waals surface area contributed by atoms with Gasteiger partial charge in [-0.25, -0.2) is 0 Å². The minimum Gasteiger partial charge on any atom is -0.458 e. The fourth-order valence-corrected chi connectivity index (χ4v) is 9.11. The van der Waals surface area contributed by atoms with Crippen LogP contribution in [0, 0.1) is 34.5 Å². The van der Waals surface area contributed by atoms with Gasteiger partial charge in [0.15, 0.2) is 12.4 Å². The average Bonchev–Trinajstić information content (AvgIpc) is 3.43. The summed E-state index contributed by atoms with van der Waals surface area (Å²) in [4.78, 5) is 37.7. The van der Waals surface area contributed by atoms with Gasteiger partial charge in [0, 0.05) is 18.3 Å². The summed E-state index contributed by atoms with van der Waals surface area (Å²) in [7, 11) is 0. The van der Waals surface area contributed by atoms with Gasteiger partial charge in [0.05, 0.1) is 6.10 Å². The van der Waals surface area contributed by atoms with Crippen molar-refractivity contribution in [2.45, 2.75) is 109 Å². The molecule has 0 aliphatic heterocycles. The van der Waals surface area contributed by atoms with Crippen LogP contribution in [0.15, 0.2) is 11.6 Å². The smallest absolute Gasteiger partial charge is 0.306 e. The number of aliphatic hydroxyl groups excluding tert-OH is 1. The van der Waals surface area contributed by atoms with Crippen molar-refractivity contribution in [2.24, 2.45) is 34.5 Å². The molecule has 0 saturated heterocycles. The molecule has 0 aromatic heterocycles. The molecule has 4 saturated carbocycles. The van der Waals surface area contributed by atoms with Gasteiger partial charge in [0.2, 0.25) is 5.78 Å². The Labute approximate surface area is 208 Å². The molecule has 4 fully saturated rings. The van der Waals surface area contributed by atoms with Crippen LogP contribution in [0.2, 0.25) is 0 Å². The van der Waals surface area contributed by atoms with Crippen molar-refractivity contribution in [2.75, 3.05) is 6.61 Å². The largest absolute Gasteiger partial charge is 0.458 e. The molecular weight excluding hydrogens is 444 g/mol. The van der Waals surface area contributed by atoms with Gasteiger partial charge in [-0.1, -0.05) is 45.1 Å². The Kier molecular flexibility index (Phi) is 6.53. The second-order valence-electron chi connectivity index (χ2n) is 12.7. The molecule has 5 rings (SSSR count). The molecule has 3 unspecified atom stereocenters. The number of esters is 1. The highest BCUT2D eigenvalue weighted by Gasteiger charge is 2.68. The summed E-state index contributed by atoms with van der Waals surface area (Å²) in [6.07, 6.45) is 11.5. The second-order valence-corrected chi connectivity index (χ2v) is 12.7. The first kappa shape index (κ1) is 25.1. The number of fused-ring (bicyclic) bond motifs is 5. The standard InChI is InChI=1S/C29H42O6/c1-27-13-11-20(30)15-19(27)8-9-21-22-12-14-29(34,28(22,2)16-23(31)26(21)27)24(32)17-35-25(33)10-7-18-5-3-4-6-18/h15,18,21-23,26,31,34H,3-14,16-17H2,1-2H3/t21?,22?,23-,26?,27-,28-,29-/m0/s1. The van der Waals surface area contributed by atoms with E-state index in [1.165, 1.54) is 31.3 Å². The maximum atomic E-state index is 13.3. The molecule has 0 radical (unpaired) electrons. The van der Waals surface area contributed by atoms with Gasteiger partial charge in [0.25, 0.3) is 0 Å². The maximum absolute atomic E-state index is 13.3. The van der Waals surface area contributed by atoms with Crippen LogP contribution in [0.4, 0.5) is 0 Å². The molecule has 6 heteroatoms. The lowest BCUT2D eigenvalue weighted by Crippen LogP contribution is -2.62. The molecule has 0 spiro atoms. The van der Waals surface area contributed by atoms with Crippen molar-refractivity contribution in [3.05, 3.63) is 11.6 Å². The van der Waals surface area contributed by atoms with Crippen molar-refractivity contribution >= 4 is 17.5 Å². The first-order chi connectivity index (χ1) is 16.6. The van der Waals surface area contributed by atoms with Crippen molar-refractivity contribution in [1.82, 2.24) is 0 Å². The summed E-state index contributed by atoms with van der Waals surface area (Å²) >= 11 is 0. The van der Waals surface area contributed by atoms with E-state index in [1.54, 1.807) is 0 Å². The molecule has 7 atom stereocenters. The quantitative estimate of drug-likeness (QED) is 0.543. The maximum Gasteiger partial charge on any atom is 0.306 e. The fourth-order valence-electron chi connectivity index (χ4n) is 9.11. The van der Waals surface area contributed by atoms with E-state index in [0.717, 1.165) is 32.1 Å². The summed E-state index contributed by atoms with van der Waals surface area (Å²) in [6, 6.07) is 0. The number of carbonyl (C=O) groups excluding carboxylic acids is 3. The highest BCUT2D eigenvalue weighted by molar-refractivity contribution is 5.92. The number of rotatable bonds is 6. The summed E-state index contributed by atoms with van der Waals surface area (Å²) in [5, 5.41) is 23.2. The van der Waals surface area contributed by atoms with E-state index in [-0.39, 0.29) is 41.5 Å². The van der Waals surface area contributed by atoms with Gasteiger partial charge in [0.1, 0.15) is 5.60 Å². The molecule has 0 bridgehead atoms. The van der Waals surface area contributed by atoms with Crippen LogP contribution in [0.25, 0.3) is 0 Å². The molecule has 5 aliphatic carbocycles. The topological polar surface area (TPSA) is 101 Å². The van der Waals surface area contributed by atoms with Crippen molar-refractivity contribution < 1.29 is 29.3 Å². The third kappa shape index (κ3) is 4.03. The number of allylic oxidation sites excluding steroid dienone is 1. The van der Waals surface area contributed by atoms with E-state index in [0.29, 0.717) is 31.6 Å². The van der Waals surface area contributed by atoms with Crippen LogP contribution in [0.3, 0.4) is 0 Å². The molecule has 0 aromatic carbocycles. The third-order valence-electron chi connectivity index (χ3n) is 11.1. The van der Waals surface area contributed by atoms with E-state index in [4.69, 9.17) is 4.74 Å². The summed E-state index contributed by atoms with van der Waals surface area (Å²) in [5.74, 6) is 0.360. The normalized spacial score (nSPS) is 43.2. The summed E-state index contributed by atoms with van der Waals surface area (Å²) in [6.45, 7) is 3.77. The van der Waals surface area contributed by atoms with Crippen molar-refractivity contribution in [3.8, 4) is 0 Å². The summed E-state index contributed by atoms with van der Waals surface area (Å²) in [5.41, 5.74) is -1.36. The van der Waals surface area contributed by atoms with E-state index in [2.05, 4.69) is 6.92 Å². The van der Waals surface area contributed by atoms with Crippen molar-refractivity contribution in [1.29, 1.82) is 0 Å². The number of Topliss-reactive ketones (excluding diaryl/α,β-unsaturated/α-hetero) is 1. The fraction of sp³-hybridized carbons (Fsp3) is 0.828. The predicted octanol–water partition coefficient (Wildman–Crippen LogP) is 4.30. The van der Waals surface area contributed by atoms with E-state index < -0.39 is 22.9 Å². The Morgan fingerprint density at radius 3 is 2.57 bits per heavy atom. The molecule has 6 nitrogen and oxygen atoms in total. The highest BCUT2D eigenvalue weighted by Crippen LogP contribution is 2.67. The highest BCUT2D eigenvalue weighted by atomic mass is 16.5. The van der Waals surface area contributed by atoms with Crippen molar-refractivity contribution in [3.63, 3.8) is 0 Å². The Morgan fingerprint density at radius 1 is 1.09 bits per heavy atom. The number of aliphatic hydroxyl groups is 2. The number of hydrogen-bond acceptors (Lipinski definition) is 6. The van der Waals surface area contributed by atoms with Crippen LogP contribution in [0.1, 0.15) is 97.3 Å².